The van der Waals surface area contributed by atoms with Gasteiger partial charge in [0.15, 0.2) is 0 Å². The second kappa shape index (κ2) is 6.55. The third-order valence-electron chi connectivity index (χ3n) is 2.91. The predicted octanol–water partition coefficient (Wildman–Crippen LogP) is 4.43. The molecule has 0 saturated carbocycles. The van der Waals surface area contributed by atoms with Crippen molar-refractivity contribution in [3.63, 3.8) is 0 Å². The fraction of sp³-hybridized carbons (Fsp3) is 0.200. The zero-order valence-electron chi connectivity index (χ0n) is 10.7. The lowest BCUT2D eigenvalue weighted by Gasteiger charge is -2.18. The minimum absolute atomic E-state index is 0.831. The molecule has 4 heteroatoms. The van der Waals surface area contributed by atoms with Crippen molar-refractivity contribution in [3.8, 4) is 0 Å². The van der Waals surface area contributed by atoms with Gasteiger partial charge in [-0.15, -0.1) is 0 Å². The molecule has 2 rings (SSSR count). The highest BCUT2D eigenvalue weighted by Gasteiger charge is 2.05. The van der Waals surface area contributed by atoms with Crippen LogP contribution < -0.4 is 5.73 Å². The Morgan fingerprint density at radius 3 is 2.21 bits per heavy atom. The second-order valence-electron chi connectivity index (χ2n) is 4.64. The zero-order valence-corrected chi connectivity index (χ0v) is 13.9. The lowest BCUT2D eigenvalue weighted by atomic mass is 10.1. The van der Waals surface area contributed by atoms with Crippen LogP contribution in [0.2, 0.25) is 0 Å². The van der Waals surface area contributed by atoms with Crippen LogP contribution in [0.15, 0.2) is 51.4 Å². The van der Waals surface area contributed by atoms with Gasteiger partial charge < -0.3 is 5.73 Å². The van der Waals surface area contributed by atoms with Gasteiger partial charge in [-0.25, -0.2) is 0 Å². The molecule has 0 aromatic heterocycles. The maximum absolute atomic E-state index is 6.02. The van der Waals surface area contributed by atoms with E-state index >= 15 is 0 Å². The summed E-state index contributed by atoms with van der Waals surface area (Å²) in [6.45, 7) is 1.75. The number of hydrogen-bond acceptors (Lipinski definition) is 2. The summed E-state index contributed by atoms with van der Waals surface area (Å²) in [5, 5.41) is 0. The van der Waals surface area contributed by atoms with Crippen molar-refractivity contribution in [1.82, 2.24) is 4.90 Å². The molecule has 2 aromatic rings. The average Bonchev–Trinajstić information content (AvgIpc) is 2.36. The minimum Gasteiger partial charge on any atom is -0.398 e. The largest absolute Gasteiger partial charge is 0.398 e. The molecule has 0 aliphatic heterocycles. The topological polar surface area (TPSA) is 29.3 Å². The highest BCUT2D eigenvalue weighted by Crippen LogP contribution is 2.20. The summed E-state index contributed by atoms with van der Waals surface area (Å²) < 4.78 is 2.13. The summed E-state index contributed by atoms with van der Waals surface area (Å²) in [5.41, 5.74) is 9.30. The molecule has 100 valence electrons. The molecule has 2 aromatic carbocycles. The van der Waals surface area contributed by atoms with Crippen molar-refractivity contribution in [2.45, 2.75) is 13.1 Å². The predicted molar refractivity (Wildman–Crippen MR) is 87.9 cm³/mol. The van der Waals surface area contributed by atoms with Crippen molar-refractivity contribution in [2.75, 3.05) is 12.8 Å². The van der Waals surface area contributed by atoms with Crippen molar-refractivity contribution in [3.05, 3.63) is 62.5 Å². The molecule has 2 nitrogen and oxygen atoms in total. The van der Waals surface area contributed by atoms with Gasteiger partial charge in [-0.3, -0.25) is 4.90 Å². The van der Waals surface area contributed by atoms with Gasteiger partial charge in [-0.2, -0.15) is 0 Å². The molecule has 0 unspecified atom stereocenters. The van der Waals surface area contributed by atoms with E-state index in [1.807, 2.05) is 12.1 Å². The first-order valence-corrected chi connectivity index (χ1v) is 7.60. The van der Waals surface area contributed by atoms with Crippen LogP contribution in [-0.4, -0.2) is 11.9 Å². The summed E-state index contributed by atoms with van der Waals surface area (Å²) in [7, 11) is 2.10. The molecule has 0 aliphatic carbocycles. The van der Waals surface area contributed by atoms with Gasteiger partial charge in [-0.05, 0) is 42.4 Å². The maximum Gasteiger partial charge on any atom is 0.0371 e. The quantitative estimate of drug-likeness (QED) is 0.791. The summed E-state index contributed by atoms with van der Waals surface area (Å²) in [6.07, 6.45) is 0. The molecule has 0 bridgehead atoms. The van der Waals surface area contributed by atoms with E-state index < -0.39 is 0 Å². The molecule has 0 atom stereocenters. The third kappa shape index (κ3) is 4.34. The zero-order chi connectivity index (χ0) is 13.8. The van der Waals surface area contributed by atoms with Gasteiger partial charge in [0.05, 0.1) is 0 Å². The minimum atomic E-state index is 0.831. The Balaban J connectivity index is 2.01. The van der Waals surface area contributed by atoms with E-state index in [0.717, 1.165) is 33.3 Å². The number of anilines is 1. The fourth-order valence-corrected chi connectivity index (χ4v) is 2.60. The van der Waals surface area contributed by atoms with Gasteiger partial charge >= 0.3 is 0 Å². The molecule has 0 radical (unpaired) electrons. The number of rotatable bonds is 4. The van der Waals surface area contributed by atoms with Crippen molar-refractivity contribution in [2.24, 2.45) is 0 Å². The number of nitrogens with two attached hydrogens (primary N) is 1. The molecular weight excluding hydrogens is 368 g/mol. The van der Waals surface area contributed by atoms with E-state index in [0.29, 0.717) is 0 Å². The van der Waals surface area contributed by atoms with Crippen LogP contribution in [0.4, 0.5) is 5.69 Å². The van der Waals surface area contributed by atoms with Gasteiger partial charge in [-0.1, -0.05) is 50.1 Å². The summed E-state index contributed by atoms with van der Waals surface area (Å²) >= 11 is 6.87. The van der Waals surface area contributed by atoms with Crippen molar-refractivity contribution >= 4 is 37.5 Å². The van der Waals surface area contributed by atoms with Crippen molar-refractivity contribution in [1.29, 1.82) is 0 Å². The van der Waals surface area contributed by atoms with Gasteiger partial charge in [0.1, 0.15) is 0 Å². The van der Waals surface area contributed by atoms with Crippen LogP contribution in [0, 0.1) is 0 Å². The molecule has 2 N–H and O–H groups in total. The molecule has 19 heavy (non-hydrogen) atoms. The molecular formula is C15H16Br2N2. The molecule has 0 heterocycles. The van der Waals surface area contributed by atoms with Gasteiger partial charge in [0.25, 0.3) is 0 Å². The third-order valence-corrected chi connectivity index (χ3v) is 3.94. The number of nitrogens with zero attached hydrogens (tertiary/aromatic N) is 1. The highest BCUT2D eigenvalue weighted by molar-refractivity contribution is 9.10. The molecule has 0 fully saturated rings. The molecule has 0 amide bonds. The lowest BCUT2D eigenvalue weighted by molar-refractivity contribution is 0.319. The van der Waals surface area contributed by atoms with Gasteiger partial charge in [0.2, 0.25) is 0 Å². The number of hydrogen-bond donors (Lipinski definition) is 1. The average molecular weight is 384 g/mol. The molecule has 0 saturated heterocycles. The van der Waals surface area contributed by atoms with Crippen LogP contribution in [0.1, 0.15) is 11.1 Å². The van der Waals surface area contributed by atoms with Crippen LogP contribution in [-0.2, 0) is 13.1 Å². The Bertz CT molecular complexity index is 553. The van der Waals surface area contributed by atoms with Crippen molar-refractivity contribution < 1.29 is 0 Å². The maximum atomic E-state index is 6.02. The molecule has 0 aliphatic rings. The standard InChI is InChI=1S/C15H16Br2N2/c1-19(9-11-2-5-13(16)6-3-11)10-12-4-7-14(17)8-15(12)18/h2-8H,9-10,18H2,1H3. The monoisotopic (exact) mass is 382 g/mol. The first-order chi connectivity index (χ1) is 9.04. The summed E-state index contributed by atoms with van der Waals surface area (Å²) in [5.74, 6) is 0. The van der Waals surface area contributed by atoms with Crippen LogP contribution in [0.5, 0.6) is 0 Å². The fourth-order valence-electron chi connectivity index (χ4n) is 1.96. The first kappa shape index (κ1) is 14.6. The van der Waals surface area contributed by atoms with Gasteiger partial charge in [0, 0.05) is 27.7 Å². The second-order valence-corrected chi connectivity index (χ2v) is 6.47. The summed E-state index contributed by atoms with van der Waals surface area (Å²) in [4.78, 5) is 2.25. The van der Waals surface area contributed by atoms with E-state index in [4.69, 9.17) is 5.73 Å². The number of nitrogen functional groups attached to an aromatic ring is 1. The summed E-state index contributed by atoms with van der Waals surface area (Å²) in [6, 6.07) is 14.4. The van der Waals surface area contributed by atoms with E-state index in [1.54, 1.807) is 0 Å². The Kier molecular flexibility index (Phi) is 5.02. The lowest BCUT2D eigenvalue weighted by Crippen LogP contribution is -2.18. The van der Waals surface area contributed by atoms with Crippen LogP contribution >= 0.6 is 31.9 Å². The van der Waals surface area contributed by atoms with Crippen LogP contribution in [0.25, 0.3) is 0 Å². The van der Waals surface area contributed by atoms with Crippen LogP contribution in [0.3, 0.4) is 0 Å². The van der Waals surface area contributed by atoms with E-state index in [9.17, 15) is 0 Å². The van der Waals surface area contributed by atoms with E-state index in [2.05, 4.69) is 74.1 Å². The normalized spacial score (nSPS) is 10.9. The Morgan fingerprint density at radius 2 is 1.58 bits per heavy atom. The van der Waals surface area contributed by atoms with E-state index in [1.165, 1.54) is 5.56 Å². The smallest absolute Gasteiger partial charge is 0.0371 e. The number of benzene rings is 2. The Morgan fingerprint density at radius 1 is 0.947 bits per heavy atom. The van der Waals surface area contributed by atoms with E-state index in [-0.39, 0.29) is 0 Å². The Labute approximate surface area is 130 Å². The molecule has 0 spiro atoms. The highest BCUT2D eigenvalue weighted by atomic mass is 79.9. The number of halogens is 2. The SMILES string of the molecule is CN(Cc1ccc(Br)cc1)Cc1ccc(Br)cc1N. The first-order valence-electron chi connectivity index (χ1n) is 6.01. The Hall–Kier alpha value is -0.840.